The molecule has 0 aliphatic carbocycles. The molecule has 1 aromatic heterocycles. The van der Waals surface area contributed by atoms with E-state index in [0.29, 0.717) is 26.1 Å². The minimum Gasteiger partial charge on any atom is -0.455 e. The van der Waals surface area contributed by atoms with Crippen LogP contribution in [0.3, 0.4) is 0 Å². The summed E-state index contributed by atoms with van der Waals surface area (Å²) in [6.45, 7) is 4.52. The van der Waals surface area contributed by atoms with Crippen molar-refractivity contribution in [3.63, 3.8) is 0 Å². The van der Waals surface area contributed by atoms with Crippen molar-refractivity contribution < 1.29 is 23.6 Å². The van der Waals surface area contributed by atoms with Crippen LogP contribution >= 0.6 is 0 Å². The van der Waals surface area contributed by atoms with Gasteiger partial charge in [0, 0.05) is 19.3 Å². The molecule has 1 aliphatic heterocycles. The maximum absolute atomic E-state index is 12.9. The Morgan fingerprint density at radius 1 is 1.22 bits per heavy atom. The van der Waals surface area contributed by atoms with E-state index in [1.54, 1.807) is 6.07 Å². The first-order valence-corrected chi connectivity index (χ1v) is 9.08. The Labute approximate surface area is 158 Å². The monoisotopic (exact) mass is 372 g/mol. The van der Waals surface area contributed by atoms with Gasteiger partial charge in [-0.2, -0.15) is 0 Å². The number of esters is 1. The highest BCUT2D eigenvalue weighted by atomic mass is 16.5. The fraction of sp³-hybridized carbons (Fsp3) is 0.450. The number of anilines is 1. The lowest BCUT2D eigenvalue weighted by molar-refractivity contribution is -0.157. The molecule has 1 fully saturated rings. The van der Waals surface area contributed by atoms with Crippen molar-refractivity contribution in [1.29, 1.82) is 0 Å². The van der Waals surface area contributed by atoms with Gasteiger partial charge in [-0.05, 0) is 24.3 Å². The molecule has 0 bridgehead atoms. The summed E-state index contributed by atoms with van der Waals surface area (Å²) < 4.78 is 15.8. The predicted molar refractivity (Wildman–Crippen MR) is 98.4 cm³/mol. The van der Waals surface area contributed by atoms with Gasteiger partial charge in [0.05, 0.1) is 11.1 Å². The molecule has 0 atom stereocenters. The van der Waals surface area contributed by atoms with Gasteiger partial charge in [-0.25, -0.2) is 0 Å². The van der Waals surface area contributed by atoms with Crippen molar-refractivity contribution in [3.8, 4) is 0 Å². The van der Waals surface area contributed by atoms with Gasteiger partial charge in [-0.3, -0.25) is 14.9 Å². The van der Waals surface area contributed by atoms with Crippen LogP contribution in [0, 0.1) is 0 Å². The number of hydrogen-bond donors (Lipinski definition) is 1. The lowest BCUT2D eigenvalue weighted by Crippen LogP contribution is -2.43. The first-order chi connectivity index (χ1) is 13.0. The fourth-order valence-electron chi connectivity index (χ4n) is 3.15. The molecule has 144 valence electrons. The molecule has 7 nitrogen and oxygen atoms in total. The molecule has 0 unspecified atom stereocenters. The van der Waals surface area contributed by atoms with E-state index in [2.05, 4.69) is 10.5 Å². The van der Waals surface area contributed by atoms with E-state index < -0.39 is 17.3 Å². The van der Waals surface area contributed by atoms with E-state index in [-0.39, 0.29) is 18.4 Å². The standard InChI is InChI=1S/C20H24N2O5/c1-14(2)16-12-18(27-22-16)21-17(23)13-26-19(24)20(8-10-25-11-9-20)15-6-4-3-5-7-15/h3-7,12,14H,8-11,13H2,1-2H3,(H,21,23). The smallest absolute Gasteiger partial charge is 0.317 e. The summed E-state index contributed by atoms with van der Waals surface area (Å²) in [6, 6.07) is 11.2. The number of carbonyl (C=O) groups excluding carboxylic acids is 2. The molecule has 1 saturated heterocycles. The molecule has 3 rings (SSSR count). The normalized spacial score (nSPS) is 16.1. The van der Waals surface area contributed by atoms with Gasteiger partial charge in [0.2, 0.25) is 5.88 Å². The average molecular weight is 372 g/mol. The zero-order valence-corrected chi connectivity index (χ0v) is 15.6. The van der Waals surface area contributed by atoms with Crippen molar-refractivity contribution in [1.82, 2.24) is 5.16 Å². The Hall–Kier alpha value is -2.67. The van der Waals surface area contributed by atoms with Gasteiger partial charge in [0.25, 0.3) is 5.91 Å². The molecule has 2 aromatic rings. The molecule has 1 aromatic carbocycles. The van der Waals surface area contributed by atoms with E-state index in [0.717, 1.165) is 11.3 Å². The highest BCUT2D eigenvalue weighted by molar-refractivity contribution is 5.93. The van der Waals surface area contributed by atoms with E-state index in [1.807, 2.05) is 44.2 Å². The predicted octanol–water partition coefficient (Wildman–Crippen LogP) is 3.03. The first-order valence-electron chi connectivity index (χ1n) is 9.08. The van der Waals surface area contributed by atoms with Crippen molar-refractivity contribution in [2.75, 3.05) is 25.1 Å². The van der Waals surface area contributed by atoms with E-state index >= 15 is 0 Å². The van der Waals surface area contributed by atoms with Crippen LogP contribution in [-0.2, 0) is 24.5 Å². The summed E-state index contributed by atoms with van der Waals surface area (Å²) >= 11 is 0. The topological polar surface area (TPSA) is 90.7 Å². The number of nitrogens with one attached hydrogen (secondary N) is 1. The minimum absolute atomic E-state index is 0.191. The van der Waals surface area contributed by atoms with Crippen molar-refractivity contribution in [2.24, 2.45) is 0 Å². The van der Waals surface area contributed by atoms with E-state index in [1.165, 1.54) is 0 Å². The van der Waals surface area contributed by atoms with E-state index in [4.69, 9.17) is 14.0 Å². The molecular weight excluding hydrogens is 348 g/mol. The van der Waals surface area contributed by atoms with Crippen LogP contribution in [0.25, 0.3) is 0 Å². The van der Waals surface area contributed by atoms with Crippen LogP contribution < -0.4 is 5.32 Å². The molecule has 0 saturated carbocycles. The maximum Gasteiger partial charge on any atom is 0.317 e. The van der Waals surface area contributed by atoms with Gasteiger partial charge < -0.3 is 14.0 Å². The van der Waals surface area contributed by atoms with Crippen molar-refractivity contribution in [2.45, 2.75) is 38.0 Å². The average Bonchev–Trinajstić information content (AvgIpc) is 3.16. The van der Waals surface area contributed by atoms with Gasteiger partial charge in [0.15, 0.2) is 6.61 Å². The molecule has 1 amide bonds. The lowest BCUT2D eigenvalue weighted by Gasteiger charge is -2.35. The number of nitrogens with zero attached hydrogens (tertiary/aromatic N) is 1. The van der Waals surface area contributed by atoms with Gasteiger partial charge in [-0.1, -0.05) is 49.3 Å². The highest BCUT2D eigenvalue weighted by Gasteiger charge is 2.43. The molecule has 1 N–H and O–H groups in total. The van der Waals surface area contributed by atoms with Crippen LogP contribution in [0.4, 0.5) is 5.88 Å². The van der Waals surface area contributed by atoms with Crippen LogP contribution in [0.15, 0.2) is 40.9 Å². The number of carbonyl (C=O) groups is 2. The molecule has 2 heterocycles. The summed E-state index contributed by atoms with van der Waals surface area (Å²) in [6.07, 6.45) is 1.05. The summed E-state index contributed by atoms with van der Waals surface area (Å²) in [5.41, 5.74) is 0.847. The maximum atomic E-state index is 12.9. The molecule has 7 heteroatoms. The van der Waals surface area contributed by atoms with Crippen LogP contribution in [0.2, 0.25) is 0 Å². The number of ether oxygens (including phenoxy) is 2. The van der Waals surface area contributed by atoms with Gasteiger partial charge in [-0.15, -0.1) is 0 Å². The largest absolute Gasteiger partial charge is 0.455 e. The van der Waals surface area contributed by atoms with Crippen LogP contribution in [0.5, 0.6) is 0 Å². The Morgan fingerprint density at radius 3 is 2.56 bits per heavy atom. The number of amides is 1. The zero-order valence-electron chi connectivity index (χ0n) is 15.6. The second-order valence-corrected chi connectivity index (χ2v) is 6.96. The third kappa shape index (κ3) is 4.36. The second-order valence-electron chi connectivity index (χ2n) is 6.96. The SMILES string of the molecule is CC(C)c1cc(NC(=O)COC(=O)C2(c3ccccc3)CCOCC2)on1. The number of rotatable bonds is 6. The summed E-state index contributed by atoms with van der Waals surface area (Å²) in [5, 5.41) is 6.43. The summed E-state index contributed by atoms with van der Waals surface area (Å²) in [5.74, 6) is -0.447. The number of aromatic nitrogens is 1. The quantitative estimate of drug-likeness (QED) is 0.784. The lowest BCUT2D eigenvalue weighted by atomic mass is 9.74. The number of hydrogen-bond acceptors (Lipinski definition) is 6. The summed E-state index contributed by atoms with van der Waals surface area (Å²) in [7, 11) is 0. The Bertz CT molecular complexity index is 779. The van der Waals surface area contributed by atoms with Gasteiger partial charge in [0.1, 0.15) is 0 Å². The third-order valence-electron chi connectivity index (χ3n) is 4.78. The van der Waals surface area contributed by atoms with E-state index in [9.17, 15) is 9.59 Å². The Kier molecular flexibility index (Phi) is 5.91. The molecule has 0 radical (unpaired) electrons. The van der Waals surface area contributed by atoms with Crippen molar-refractivity contribution in [3.05, 3.63) is 47.7 Å². The molecule has 27 heavy (non-hydrogen) atoms. The Balaban J connectivity index is 1.63. The number of benzene rings is 1. The highest BCUT2D eigenvalue weighted by Crippen LogP contribution is 2.36. The van der Waals surface area contributed by atoms with Crippen molar-refractivity contribution >= 4 is 17.8 Å². The summed E-state index contributed by atoms with van der Waals surface area (Å²) in [4.78, 5) is 25.0. The van der Waals surface area contributed by atoms with Crippen LogP contribution in [0.1, 0.15) is 43.9 Å². The zero-order chi connectivity index (χ0) is 19.3. The first kappa shape index (κ1) is 19.1. The molecule has 1 aliphatic rings. The molecular formula is C20H24N2O5. The Morgan fingerprint density at radius 2 is 1.93 bits per heavy atom. The van der Waals surface area contributed by atoms with Gasteiger partial charge >= 0.3 is 5.97 Å². The minimum atomic E-state index is -0.781. The second kappa shape index (κ2) is 8.35. The third-order valence-corrected chi connectivity index (χ3v) is 4.78. The van der Waals surface area contributed by atoms with Crippen LogP contribution in [-0.4, -0.2) is 36.9 Å². The fourth-order valence-corrected chi connectivity index (χ4v) is 3.15. The molecule has 0 spiro atoms.